The molecule has 2 aliphatic rings. The second kappa shape index (κ2) is 2.32. The Morgan fingerprint density at radius 2 is 2.60 bits per heavy atom. The van der Waals surface area contributed by atoms with E-state index in [1.165, 1.54) is 0 Å². The molecule has 0 aromatic carbocycles. The van der Waals surface area contributed by atoms with E-state index in [1.54, 1.807) is 0 Å². The van der Waals surface area contributed by atoms with Crippen LogP contribution in [0.4, 0.5) is 0 Å². The highest BCUT2D eigenvalue weighted by molar-refractivity contribution is 5.52. The average Bonchev–Trinajstić information content (AvgIpc) is 2.48. The van der Waals surface area contributed by atoms with E-state index in [0.717, 1.165) is 25.9 Å². The summed E-state index contributed by atoms with van der Waals surface area (Å²) in [6, 6.07) is 0.537. The number of ether oxygens (including phenoxy) is 1. The predicted octanol–water partition coefficient (Wildman–Crippen LogP) is -0.342. The van der Waals surface area contributed by atoms with Crippen LogP contribution in [0.25, 0.3) is 0 Å². The van der Waals surface area contributed by atoms with E-state index in [1.807, 2.05) is 0 Å². The molecule has 3 heteroatoms. The van der Waals surface area contributed by atoms with E-state index in [2.05, 4.69) is 4.90 Å². The van der Waals surface area contributed by atoms with Crippen molar-refractivity contribution in [1.82, 2.24) is 4.90 Å². The second-order valence-corrected chi connectivity index (χ2v) is 2.97. The summed E-state index contributed by atoms with van der Waals surface area (Å²) in [7, 11) is 0. The Bertz CT molecular complexity index is 149. The SMILES string of the molecule is O=CCN1C[C@H]2C[C@@H]1CO2. The van der Waals surface area contributed by atoms with Crippen LogP contribution in [-0.4, -0.2) is 43.0 Å². The van der Waals surface area contributed by atoms with Gasteiger partial charge in [0.25, 0.3) is 0 Å². The summed E-state index contributed by atoms with van der Waals surface area (Å²) in [5.74, 6) is 0. The highest BCUT2D eigenvalue weighted by Crippen LogP contribution is 2.26. The fourth-order valence-electron chi connectivity index (χ4n) is 1.80. The molecule has 0 radical (unpaired) electrons. The molecule has 0 amide bonds. The number of morpholine rings is 1. The number of carbonyl (C=O) groups excluding carboxylic acids is 1. The molecule has 2 fully saturated rings. The van der Waals surface area contributed by atoms with Gasteiger partial charge in [0, 0.05) is 12.6 Å². The van der Waals surface area contributed by atoms with Gasteiger partial charge in [-0.2, -0.15) is 0 Å². The van der Waals surface area contributed by atoms with Crippen LogP contribution in [0, 0.1) is 0 Å². The zero-order valence-corrected chi connectivity index (χ0v) is 5.82. The smallest absolute Gasteiger partial charge is 0.133 e. The molecule has 2 atom stereocenters. The summed E-state index contributed by atoms with van der Waals surface area (Å²) in [5, 5.41) is 0. The van der Waals surface area contributed by atoms with Crippen LogP contribution in [0.5, 0.6) is 0 Å². The number of rotatable bonds is 2. The van der Waals surface area contributed by atoms with Gasteiger partial charge in [-0.3, -0.25) is 4.90 Å². The molecular weight excluding hydrogens is 130 g/mol. The zero-order valence-electron chi connectivity index (χ0n) is 5.82. The molecule has 2 rings (SSSR count). The number of aldehydes is 1. The standard InChI is InChI=1S/C7H11NO2/c9-2-1-8-4-7-3-6(8)5-10-7/h2,6-7H,1,3-5H2/t6-,7-/m1/s1. The maximum Gasteiger partial charge on any atom is 0.133 e. The lowest BCUT2D eigenvalue weighted by Crippen LogP contribution is -2.37. The van der Waals surface area contributed by atoms with Crippen molar-refractivity contribution in [1.29, 1.82) is 0 Å². The first kappa shape index (κ1) is 6.31. The topological polar surface area (TPSA) is 29.5 Å². The molecule has 56 valence electrons. The molecule has 0 unspecified atom stereocenters. The molecular formula is C7H11NO2. The first-order valence-electron chi connectivity index (χ1n) is 3.69. The van der Waals surface area contributed by atoms with E-state index in [-0.39, 0.29) is 0 Å². The van der Waals surface area contributed by atoms with Gasteiger partial charge in [-0.15, -0.1) is 0 Å². The first-order chi connectivity index (χ1) is 4.90. The van der Waals surface area contributed by atoms with E-state index in [0.29, 0.717) is 18.7 Å². The van der Waals surface area contributed by atoms with Gasteiger partial charge >= 0.3 is 0 Å². The lowest BCUT2D eigenvalue weighted by Gasteiger charge is -2.23. The third-order valence-electron chi connectivity index (χ3n) is 2.32. The number of likely N-dealkylation sites (tertiary alicyclic amines) is 1. The number of nitrogens with zero attached hydrogens (tertiary/aromatic N) is 1. The Balaban J connectivity index is 1.95. The molecule has 2 bridgehead atoms. The molecule has 0 aliphatic carbocycles. The maximum atomic E-state index is 10.2. The minimum atomic E-state index is 0.421. The predicted molar refractivity (Wildman–Crippen MR) is 35.8 cm³/mol. The van der Waals surface area contributed by atoms with E-state index < -0.39 is 0 Å². The van der Waals surface area contributed by atoms with Crippen molar-refractivity contribution in [3.63, 3.8) is 0 Å². The minimum absolute atomic E-state index is 0.421. The fourth-order valence-corrected chi connectivity index (χ4v) is 1.80. The van der Waals surface area contributed by atoms with Crippen LogP contribution in [0.2, 0.25) is 0 Å². The third-order valence-corrected chi connectivity index (χ3v) is 2.32. The van der Waals surface area contributed by atoms with Crippen LogP contribution >= 0.6 is 0 Å². The van der Waals surface area contributed by atoms with Gasteiger partial charge in [0.15, 0.2) is 0 Å². The van der Waals surface area contributed by atoms with Crippen molar-refractivity contribution >= 4 is 6.29 Å². The molecule has 2 saturated heterocycles. The summed E-state index contributed by atoms with van der Waals surface area (Å²) in [6.07, 6.45) is 2.53. The maximum absolute atomic E-state index is 10.2. The van der Waals surface area contributed by atoms with Crippen molar-refractivity contribution in [2.45, 2.75) is 18.6 Å². The summed E-state index contributed by atoms with van der Waals surface area (Å²) >= 11 is 0. The molecule has 3 nitrogen and oxygen atoms in total. The van der Waals surface area contributed by atoms with Crippen LogP contribution < -0.4 is 0 Å². The molecule has 0 aromatic heterocycles. The van der Waals surface area contributed by atoms with Gasteiger partial charge in [-0.1, -0.05) is 0 Å². The Hall–Kier alpha value is -0.410. The summed E-state index contributed by atoms with van der Waals surface area (Å²) in [5.41, 5.74) is 0. The summed E-state index contributed by atoms with van der Waals surface area (Å²) in [6.45, 7) is 2.38. The average molecular weight is 141 g/mol. The number of hydrogen-bond donors (Lipinski definition) is 0. The number of fused-ring (bicyclic) bond motifs is 2. The summed E-state index contributed by atoms with van der Waals surface area (Å²) in [4.78, 5) is 12.4. The van der Waals surface area contributed by atoms with Crippen molar-refractivity contribution in [3.8, 4) is 0 Å². The molecule has 2 aliphatic heterocycles. The third kappa shape index (κ3) is 0.859. The molecule has 0 saturated carbocycles. The van der Waals surface area contributed by atoms with Gasteiger partial charge in [0.1, 0.15) is 6.29 Å². The van der Waals surface area contributed by atoms with E-state index in [9.17, 15) is 4.79 Å². The highest BCUT2D eigenvalue weighted by atomic mass is 16.5. The second-order valence-electron chi connectivity index (χ2n) is 2.97. The van der Waals surface area contributed by atoms with Gasteiger partial charge in [0.05, 0.1) is 19.3 Å². The van der Waals surface area contributed by atoms with E-state index >= 15 is 0 Å². The van der Waals surface area contributed by atoms with Crippen molar-refractivity contribution in [2.75, 3.05) is 19.7 Å². The Morgan fingerprint density at radius 3 is 3.10 bits per heavy atom. The van der Waals surface area contributed by atoms with Gasteiger partial charge < -0.3 is 9.53 Å². The Morgan fingerprint density at radius 1 is 1.70 bits per heavy atom. The minimum Gasteiger partial charge on any atom is -0.375 e. The van der Waals surface area contributed by atoms with Crippen LogP contribution in [0.3, 0.4) is 0 Å². The monoisotopic (exact) mass is 141 g/mol. The first-order valence-corrected chi connectivity index (χ1v) is 3.69. The number of carbonyl (C=O) groups is 1. The van der Waals surface area contributed by atoms with Crippen molar-refractivity contribution in [2.24, 2.45) is 0 Å². The Labute approximate surface area is 60.0 Å². The lowest BCUT2D eigenvalue weighted by atomic mass is 10.2. The zero-order chi connectivity index (χ0) is 6.97. The van der Waals surface area contributed by atoms with Gasteiger partial charge in [-0.25, -0.2) is 0 Å². The van der Waals surface area contributed by atoms with Gasteiger partial charge in [0.2, 0.25) is 0 Å². The molecule has 0 spiro atoms. The quantitative estimate of drug-likeness (QED) is 0.493. The van der Waals surface area contributed by atoms with Crippen LogP contribution in [0.15, 0.2) is 0 Å². The largest absolute Gasteiger partial charge is 0.375 e. The van der Waals surface area contributed by atoms with Crippen molar-refractivity contribution in [3.05, 3.63) is 0 Å². The number of hydrogen-bond acceptors (Lipinski definition) is 3. The molecule has 10 heavy (non-hydrogen) atoms. The van der Waals surface area contributed by atoms with Crippen molar-refractivity contribution < 1.29 is 9.53 Å². The van der Waals surface area contributed by atoms with Crippen LogP contribution in [0.1, 0.15) is 6.42 Å². The molecule has 0 aromatic rings. The molecule has 0 N–H and O–H groups in total. The normalized spacial score (nSPS) is 38.8. The lowest BCUT2D eigenvalue weighted by molar-refractivity contribution is -0.109. The van der Waals surface area contributed by atoms with Crippen LogP contribution in [-0.2, 0) is 9.53 Å². The van der Waals surface area contributed by atoms with E-state index in [4.69, 9.17) is 4.74 Å². The molecule has 2 heterocycles. The highest BCUT2D eigenvalue weighted by Gasteiger charge is 2.38. The van der Waals surface area contributed by atoms with Gasteiger partial charge in [-0.05, 0) is 6.42 Å². The summed E-state index contributed by atoms with van der Waals surface area (Å²) < 4.78 is 5.37. The Kier molecular flexibility index (Phi) is 1.47. The fraction of sp³-hybridized carbons (Fsp3) is 0.857.